The van der Waals surface area contributed by atoms with Crippen LogP contribution in [-0.4, -0.2) is 46.8 Å². The van der Waals surface area contributed by atoms with E-state index in [1.165, 1.54) is 22.7 Å². The number of rotatable bonds is 11. The molecule has 1 saturated heterocycles. The Labute approximate surface area is 295 Å². The molecule has 13 heteroatoms. The molecule has 10 nitrogen and oxygen atoms in total. The fraction of sp³-hybridized carbons (Fsp3) is 0.189. The normalized spacial score (nSPS) is 16.4. The first-order valence-corrected chi connectivity index (χ1v) is 17.6. The Bertz CT molecular complexity index is 2090. The summed E-state index contributed by atoms with van der Waals surface area (Å²) in [6.07, 6.45) is 0. The maximum atomic E-state index is 14.3. The first-order chi connectivity index (χ1) is 24.4. The van der Waals surface area contributed by atoms with Crippen LogP contribution < -0.4 is 23.8 Å². The zero-order valence-electron chi connectivity index (χ0n) is 26.7. The highest BCUT2D eigenvalue weighted by atomic mass is 32.2. The van der Waals surface area contributed by atoms with E-state index in [1.807, 2.05) is 37.3 Å². The molecule has 7 rings (SSSR count). The Morgan fingerprint density at radius 3 is 2.52 bits per heavy atom. The number of nitrogens with zero attached hydrogens (tertiary/aromatic N) is 3. The fourth-order valence-electron chi connectivity index (χ4n) is 5.62. The number of carbonyl (C=O) groups is 2. The molecule has 0 spiro atoms. The highest BCUT2D eigenvalue weighted by Gasteiger charge is 2.48. The number of hydrogen-bond donors (Lipinski definition) is 1. The minimum absolute atomic E-state index is 0.136. The standard InChI is InChI=1S/C37H30FN3O7S2/c1-2-45-29-18-23(12-14-28(29)48-20-22-8-4-3-5-9-22)32-31(33(42)24-13-15-27-30(19-24)47-17-16-46-27)34(43)35(44)41(32)36-39-40-37(50-36)49-21-25-10-6-7-11-26(25)38/h3-15,18-19,32,42H,2,16-17,20-21H2,1H3/b33-31-. The van der Waals surface area contributed by atoms with Crippen LogP contribution in [0.1, 0.15) is 35.2 Å². The Morgan fingerprint density at radius 2 is 1.72 bits per heavy atom. The van der Waals surface area contributed by atoms with Crippen LogP contribution in [0.4, 0.5) is 9.52 Å². The monoisotopic (exact) mass is 711 g/mol. The third kappa shape index (κ3) is 6.74. The van der Waals surface area contributed by atoms with E-state index in [-0.39, 0.29) is 27.8 Å². The lowest BCUT2D eigenvalue weighted by atomic mass is 9.95. The van der Waals surface area contributed by atoms with Crippen molar-refractivity contribution in [3.05, 3.63) is 125 Å². The number of aromatic nitrogens is 2. The lowest BCUT2D eigenvalue weighted by molar-refractivity contribution is -0.132. The van der Waals surface area contributed by atoms with Crippen molar-refractivity contribution in [3.63, 3.8) is 0 Å². The second kappa shape index (κ2) is 14.6. The summed E-state index contributed by atoms with van der Waals surface area (Å²) < 4.78 is 38.2. The minimum atomic E-state index is -1.11. The van der Waals surface area contributed by atoms with Gasteiger partial charge in [0.25, 0.3) is 5.78 Å². The number of thioether (sulfide) groups is 1. The largest absolute Gasteiger partial charge is 0.507 e. The number of ether oxygens (including phenoxy) is 4. The fourth-order valence-corrected chi connectivity index (χ4v) is 7.48. The number of benzene rings is 4. The predicted octanol–water partition coefficient (Wildman–Crippen LogP) is 7.34. The Balaban J connectivity index is 1.28. The van der Waals surface area contributed by atoms with Crippen LogP contribution in [0.15, 0.2) is 101 Å². The van der Waals surface area contributed by atoms with Crippen LogP contribution in [0.5, 0.6) is 23.0 Å². The highest BCUT2D eigenvalue weighted by Crippen LogP contribution is 2.46. The SMILES string of the molecule is CCOc1cc(C2/C(=C(/O)c3ccc4c(c3)OCCO4)C(=O)C(=O)N2c2nnc(SCc3ccccc3F)s2)ccc1OCc1ccccc1. The first-order valence-electron chi connectivity index (χ1n) is 15.8. The van der Waals surface area contributed by atoms with Crippen molar-refractivity contribution in [1.82, 2.24) is 10.2 Å². The van der Waals surface area contributed by atoms with Crippen LogP contribution >= 0.6 is 23.1 Å². The number of ketones is 1. The van der Waals surface area contributed by atoms with Gasteiger partial charge in [-0.3, -0.25) is 14.5 Å². The van der Waals surface area contributed by atoms with Crippen molar-refractivity contribution in [2.75, 3.05) is 24.7 Å². The van der Waals surface area contributed by atoms with E-state index >= 15 is 0 Å². The number of anilines is 1. The molecule has 1 fully saturated rings. The molecule has 50 heavy (non-hydrogen) atoms. The molecule has 0 aliphatic carbocycles. The Hall–Kier alpha value is -5.40. The van der Waals surface area contributed by atoms with E-state index in [2.05, 4.69) is 10.2 Å². The third-order valence-electron chi connectivity index (χ3n) is 7.99. The molecule has 4 aromatic carbocycles. The summed E-state index contributed by atoms with van der Waals surface area (Å²) in [6, 6.07) is 24.9. The van der Waals surface area contributed by atoms with Gasteiger partial charge in [0.05, 0.1) is 18.2 Å². The number of aliphatic hydroxyl groups is 1. The molecule has 254 valence electrons. The van der Waals surface area contributed by atoms with Crippen LogP contribution in [0.25, 0.3) is 5.76 Å². The topological polar surface area (TPSA) is 120 Å². The molecule has 1 unspecified atom stereocenters. The van der Waals surface area contributed by atoms with Gasteiger partial charge in [-0.05, 0) is 60.0 Å². The number of carbonyl (C=O) groups excluding carboxylic acids is 2. The first kappa shape index (κ1) is 33.1. The Kier molecular flexibility index (Phi) is 9.67. The van der Waals surface area contributed by atoms with Gasteiger partial charge in [-0.15, -0.1) is 10.2 Å². The minimum Gasteiger partial charge on any atom is -0.507 e. The highest BCUT2D eigenvalue weighted by molar-refractivity contribution is 8.00. The van der Waals surface area contributed by atoms with Crippen molar-refractivity contribution in [2.24, 2.45) is 0 Å². The van der Waals surface area contributed by atoms with Gasteiger partial charge >= 0.3 is 5.91 Å². The second-order valence-electron chi connectivity index (χ2n) is 11.2. The maximum Gasteiger partial charge on any atom is 0.301 e. The van der Waals surface area contributed by atoms with Crippen molar-refractivity contribution < 1.29 is 38.0 Å². The van der Waals surface area contributed by atoms with Gasteiger partial charge in [0.1, 0.15) is 31.4 Å². The molecule has 0 radical (unpaired) electrons. The van der Waals surface area contributed by atoms with Gasteiger partial charge in [-0.1, -0.05) is 77.7 Å². The summed E-state index contributed by atoms with van der Waals surface area (Å²) >= 11 is 2.34. The number of hydrogen-bond acceptors (Lipinski definition) is 11. The summed E-state index contributed by atoms with van der Waals surface area (Å²) in [5.74, 6) is -0.467. The van der Waals surface area contributed by atoms with Gasteiger partial charge in [0.15, 0.2) is 27.3 Å². The van der Waals surface area contributed by atoms with Crippen molar-refractivity contribution in [1.29, 1.82) is 0 Å². The molecule has 3 heterocycles. The van der Waals surface area contributed by atoms with E-state index in [0.717, 1.165) is 16.9 Å². The second-order valence-corrected chi connectivity index (χ2v) is 13.4. The van der Waals surface area contributed by atoms with Crippen molar-refractivity contribution in [2.45, 2.75) is 29.7 Å². The summed E-state index contributed by atoms with van der Waals surface area (Å²) in [4.78, 5) is 28.9. The Morgan fingerprint density at radius 1 is 0.940 bits per heavy atom. The number of fused-ring (bicyclic) bond motifs is 1. The molecule has 5 aromatic rings. The third-order valence-corrected chi connectivity index (χ3v) is 10.1. The average Bonchev–Trinajstić information content (AvgIpc) is 3.72. The van der Waals surface area contributed by atoms with Gasteiger partial charge in [0.2, 0.25) is 5.13 Å². The lowest BCUT2D eigenvalue weighted by Gasteiger charge is -2.24. The van der Waals surface area contributed by atoms with E-state index in [0.29, 0.717) is 64.9 Å². The van der Waals surface area contributed by atoms with E-state index in [4.69, 9.17) is 18.9 Å². The number of halogens is 1. The number of Topliss-reactive ketones (excluding diaryl/α,β-unsaturated/α-hetero) is 1. The van der Waals surface area contributed by atoms with Crippen molar-refractivity contribution >= 4 is 45.7 Å². The molecule has 2 aliphatic rings. The van der Waals surface area contributed by atoms with Gasteiger partial charge in [-0.25, -0.2) is 4.39 Å². The predicted molar refractivity (Wildman–Crippen MR) is 186 cm³/mol. The van der Waals surface area contributed by atoms with Gasteiger partial charge < -0.3 is 24.1 Å². The van der Waals surface area contributed by atoms with Crippen LogP contribution in [-0.2, 0) is 21.9 Å². The molecule has 0 saturated carbocycles. The molecular formula is C37H30FN3O7S2. The van der Waals surface area contributed by atoms with E-state index < -0.39 is 23.5 Å². The molecule has 1 aromatic heterocycles. The molecule has 0 bridgehead atoms. The molecule has 2 aliphatic heterocycles. The molecule has 1 atom stereocenters. The summed E-state index contributed by atoms with van der Waals surface area (Å²) in [7, 11) is 0. The summed E-state index contributed by atoms with van der Waals surface area (Å²) in [5.41, 5.74) is 2.04. The summed E-state index contributed by atoms with van der Waals surface area (Å²) in [5, 5.41) is 20.4. The van der Waals surface area contributed by atoms with E-state index in [1.54, 1.807) is 54.6 Å². The van der Waals surface area contributed by atoms with Crippen molar-refractivity contribution in [3.8, 4) is 23.0 Å². The quantitative estimate of drug-likeness (QED) is 0.0490. The average molecular weight is 712 g/mol. The molecule has 1 N–H and O–H groups in total. The lowest BCUT2D eigenvalue weighted by Crippen LogP contribution is -2.29. The van der Waals surface area contributed by atoms with Crippen LogP contribution in [0.3, 0.4) is 0 Å². The summed E-state index contributed by atoms with van der Waals surface area (Å²) in [6.45, 7) is 3.17. The smallest absolute Gasteiger partial charge is 0.301 e. The van der Waals surface area contributed by atoms with Crippen LogP contribution in [0, 0.1) is 5.82 Å². The van der Waals surface area contributed by atoms with Crippen LogP contribution in [0.2, 0.25) is 0 Å². The van der Waals surface area contributed by atoms with Gasteiger partial charge in [-0.2, -0.15) is 0 Å². The van der Waals surface area contributed by atoms with Gasteiger partial charge in [0, 0.05) is 11.3 Å². The zero-order valence-corrected chi connectivity index (χ0v) is 28.3. The van der Waals surface area contributed by atoms with E-state index in [9.17, 15) is 19.1 Å². The number of aliphatic hydroxyl groups excluding tert-OH is 1. The number of amides is 1. The maximum absolute atomic E-state index is 14.3. The zero-order chi connectivity index (χ0) is 34.6. The molecule has 1 amide bonds. The molecular weight excluding hydrogens is 682 g/mol.